The molecule has 2 N–H and O–H groups in total. The van der Waals surface area contributed by atoms with Crippen molar-refractivity contribution in [1.29, 1.82) is 0 Å². The Hall–Kier alpha value is -0.0400. The van der Waals surface area contributed by atoms with Gasteiger partial charge in [-0.15, -0.1) is 0 Å². The molecule has 1 rings (SSSR count). The molecule has 0 amide bonds. The summed E-state index contributed by atoms with van der Waals surface area (Å²) in [6.45, 7) is 1.67. The lowest BCUT2D eigenvalue weighted by molar-refractivity contribution is 0.0152. The second-order valence-electron chi connectivity index (χ2n) is 3.98. The van der Waals surface area contributed by atoms with Crippen molar-refractivity contribution in [3.63, 3.8) is 0 Å². The average Bonchev–Trinajstić information content (AvgIpc) is 2.28. The summed E-state index contributed by atoms with van der Waals surface area (Å²) >= 11 is 6.90. The molecule has 0 aliphatic heterocycles. The fourth-order valence-corrected chi connectivity index (χ4v) is 2.60. The van der Waals surface area contributed by atoms with Gasteiger partial charge in [0.15, 0.2) is 0 Å². The summed E-state index contributed by atoms with van der Waals surface area (Å²) in [5, 5.41) is 0. The second-order valence-corrected chi connectivity index (χ2v) is 5.69. The van der Waals surface area contributed by atoms with E-state index in [-0.39, 0.29) is 12.6 Å². The van der Waals surface area contributed by atoms with Crippen molar-refractivity contribution in [3.05, 3.63) is 32.2 Å². The van der Waals surface area contributed by atoms with Crippen LogP contribution in [0.5, 0.6) is 0 Å². The minimum Gasteiger partial charge on any atom is -0.375 e. The highest BCUT2D eigenvalue weighted by atomic mass is 79.9. The number of benzene rings is 1. The fourth-order valence-electron chi connectivity index (χ4n) is 1.48. The first-order chi connectivity index (χ1) is 8.41. The molecule has 0 aromatic heterocycles. The zero-order valence-corrected chi connectivity index (χ0v) is 13.1. The smallest absolute Gasteiger partial charge is 0.261 e. The molecule has 0 spiro atoms. The van der Waals surface area contributed by atoms with Gasteiger partial charge in [0.2, 0.25) is 0 Å². The van der Waals surface area contributed by atoms with E-state index in [0.717, 1.165) is 20.1 Å². The Morgan fingerprint density at radius 2 is 1.94 bits per heavy atom. The van der Waals surface area contributed by atoms with Crippen molar-refractivity contribution in [2.24, 2.45) is 5.73 Å². The van der Waals surface area contributed by atoms with E-state index in [9.17, 15) is 8.78 Å². The lowest BCUT2D eigenvalue weighted by atomic mass is 10.0. The van der Waals surface area contributed by atoms with E-state index in [2.05, 4.69) is 31.9 Å². The first kappa shape index (κ1) is 16.0. The zero-order valence-electron chi connectivity index (χ0n) is 9.93. The standard InChI is InChI=1S/C12H15Br2F2NO/c1-7-4-10(14)8(5-9(7)13)11(17)2-3-18-6-12(15)16/h4-5,11-12H,2-3,6,17H2,1H3. The molecule has 0 fully saturated rings. The van der Waals surface area contributed by atoms with Crippen LogP contribution in [-0.2, 0) is 4.74 Å². The maximum Gasteiger partial charge on any atom is 0.261 e. The minimum absolute atomic E-state index is 0.226. The number of hydrogen-bond donors (Lipinski definition) is 1. The predicted molar refractivity (Wildman–Crippen MR) is 74.9 cm³/mol. The molecular weight excluding hydrogens is 372 g/mol. The molecule has 1 aromatic rings. The van der Waals surface area contributed by atoms with Crippen molar-refractivity contribution in [3.8, 4) is 0 Å². The summed E-state index contributed by atoms with van der Waals surface area (Å²) in [4.78, 5) is 0. The van der Waals surface area contributed by atoms with Gasteiger partial charge < -0.3 is 10.5 Å². The number of alkyl halides is 2. The summed E-state index contributed by atoms with van der Waals surface area (Å²) in [7, 11) is 0. The minimum atomic E-state index is -2.43. The van der Waals surface area contributed by atoms with E-state index in [1.165, 1.54) is 0 Å². The van der Waals surface area contributed by atoms with Gasteiger partial charge in [-0.2, -0.15) is 0 Å². The Bertz CT molecular complexity index is 402. The van der Waals surface area contributed by atoms with Crippen molar-refractivity contribution in [2.45, 2.75) is 25.8 Å². The van der Waals surface area contributed by atoms with Crippen LogP contribution in [0.3, 0.4) is 0 Å². The number of halogens is 4. The van der Waals surface area contributed by atoms with Crippen LogP contribution >= 0.6 is 31.9 Å². The molecule has 0 aliphatic rings. The van der Waals surface area contributed by atoms with Gasteiger partial charge in [0, 0.05) is 21.6 Å². The van der Waals surface area contributed by atoms with E-state index < -0.39 is 13.0 Å². The molecule has 0 radical (unpaired) electrons. The van der Waals surface area contributed by atoms with Gasteiger partial charge in [-0.05, 0) is 36.6 Å². The number of aryl methyl sites for hydroxylation is 1. The Morgan fingerprint density at radius 3 is 2.56 bits per heavy atom. The van der Waals surface area contributed by atoms with Crippen LogP contribution in [0.4, 0.5) is 8.78 Å². The topological polar surface area (TPSA) is 35.2 Å². The summed E-state index contributed by atoms with van der Waals surface area (Å²) in [6.07, 6.45) is -1.93. The number of hydrogen-bond acceptors (Lipinski definition) is 2. The van der Waals surface area contributed by atoms with Crippen LogP contribution in [0, 0.1) is 6.92 Å². The molecule has 0 heterocycles. The van der Waals surface area contributed by atoms with Crippen molar-refractivity contribution < 1.29 is 13.5 Å². The third-order valence-corrected chi connectivity index (χ3v) is 4.04. The molecule has 1 aromatic carbocycles. The molecule has 2 nitrogen and oxygen atoms in total. The average molecular weight is 387 g/mol. The van der Waals surface area contributed by atoms with Gasteiger partial charge in [-0.3, -0.25) is 0 Å². The lowest BCUT2D eigenvalue weighted by Gasteiger charge is -2.15. The van der Waals surface area contributed by atoms with Gasteiger partial charge in [0.1, 0.15) is 6.61 Å². The number of rotatable bonds is 6. The lowest BCUT2D eigenvalue weighted by Crippen LogP contribution is -2.15. The van der Waals surface area contributed by atoms with Gasteiger partial charge in [0.05, 0.1) is 0 Å². The number of nitrogens with two attached hydrogens (primary N) is 1. The third-order valence-electron chi connectivity index (χ3n) is 2.49. The first-order valence-corrected chi connectivity index (χ1v) is 7.07. The molecule has 0 saturated carbocycles. The van der Waals surface area contributed by atoms with E-state index in [1.807, 2.05) is 19.1 Å². The summed E-state index contributed by atoms with van der Waals surface area (Å²) in [5.41, 5.74) is 8.05. The van der Waals surface area contributed by atoms with Crippen molar-refractivity contribution in [2.75, 3.05) is 13.2 Å². The van der Waals surface area contributed by atoms with Gasteiger partial charge in [-0.1, -0.05) is 31.9 Å². The highest BCUT2D eigenvalue weighted by Gasteiger charge is 2.12. The zero-order chi connectivity index (χ0) is 13.7. The molecule has 18 heavy (non-hydrogen) atoms. The molecular formula is C12H15Br2F2NO. The molecule has 0 aliphatic carbocycles. The van der Waals surface area contributed by atoms with Gasteiger partial charge >= 0.3 is 0 Å². The Morgan fingerprint density at radius 1 is 1.28 bits per heavy atom. The second kappa shape index (κ2) is 7.53. The summed E-state index contributed by atoms with van der Waals surface area (Å²) in [5.74, 6) is 0. The van der Waals surface area contributed by atoms with Crippen molar-refractivity contribution >= 4 is 31.9 Å². The van der Waals surface area contributed by atoms with Crippen LogP contribution < -0.4 is 5.73 Å². The molecule has 102 valence electrons. The molecule has 6 heteroatoms. The highest BCUT2D eigenvalue weighted by molar-refractivity contribution is 9.11. The van der Waals surface area contributed by atoms with Crippen LogP contribution in [0.25, 0.3) is 0 Å². The highest BCUT2D eigenvalue weighted by Crippen LogP contribution is 2.30. The molecule has 1 atom stereocenters. The normalized spacial score (nSPS) is 13.1. The first-order valence-electron chi connectivity index (χ1n) is 5.48. The molecule has 0 bridgehead atoms. The van der Waals surface area contributed by atoms with Crippen LogP contribution in [-0.4, -0.2) is 19.6 Å². The van der Waals surface area contributed by atoms with E-state index in [1.54, 1.807) is 0 Å². The van der Waals surface area contributed by atoms with E-state index >= 15 is 0 Å². The van der Waals surface area contributed by atoms with Crippen molar-refractivity contribution in [1.82, 2.24) is 0 Å². The SMILES string of the molecule is Cc1cc(Br)c(C(N)CCOCC(F)F)cc1Br. The maximum atomic E-state index is 11.9. The largest absolute Gasteiger partial charge is 0.375 e. The Labute approximate surface area is 122 Å². The van der Waals surface area contributed by atoms with Crippen LogP contribution in [0.1, 0.15) is 23.6 Å². The monoisotopic (exact) mass is 385 g/mol. The van der Waals surface area contributed by atoms with Crippen LogP contribution in [0.2, 0.25) is 0 Å². The van der Waals surface area contributed by atoms with E-state index in [4.69, 9.17) is 10.5 Å². The number of ether oxygens (including phenoxy) is 1. The quantitative estimate of drug-likeness (QED) is 0.744. The molecule has 1 unspecified atom stereocenters. The fraction of sp³-hybridized carbons (Fsp3) is 0.500. The third kappa shape index (κ3) is 4.91. The molecule has 0 saturated heterocycles. The summed E-state index contributed by atoms with van der Waals surface area (Å²) < 4.78 is 30.5. The Balaban J connectivity index is 2.56. The van der Waals surface area contributed by atoms with Crippen LogP contribution in [0.15, 0.2) is 21.1 Å². The predicted octanol–water partition coefficient (Wildman–Crippen LogP) is 4.19. The van der Waals surface area contributed by atoms with E-state index in [0.29, 0.717) is 6.42 Å². The van der Waals surface area contributed by atoms with Gasteiger partial charge in [0.25, 0.3) is 6.43 Å². The summed E-state index contributed by atoms with van der Waals surface area (Å²) in [6, 6.07) is 3.67. The Kier molecular flexibility index (Phi) is 6.70. The van der Waals surface area contributed by atoms with Gasteiger partial charge in [-0.25, -0.2) is 8.78 Å². The maximum absolute atomic E-state index is 11.9.